The van der Waals surface area contributed by atoms with E-state index < -0.39 is 0 Å². The maximum absolute atomic E-state index is 14.1. The van der Waals surface area contributed by atoms with Crippen LogP contribution in [0.5, 0.6) is 0 Å². The fourth-order valence-corrected chi connectivity index (χ4v) is 8.05. The first-order chi connectivity index (χ1) is 19.1. The summed E-state index contributed by atoms with van der Waals surface area (Å²) >= 11 is 0. The van der Waals surface area contributed by atoms with Gasteiger partial charge in [0.2, 0.25) is 0 Å². The molecule has 0 radical (unpaired) electrons. The van der Waals surface area contributed by atoms with Crippen LogP contribution in [0.1, 0.15) is 109 Å². The van der Waals surface area contributed by atoms with Crippen LogP contribution in [0, 0.1) is 0 Å². The number of anilines is 1. The summed E-state index contributed by atoms with van der Waals surface area (Å²) in [5.41, 5.74) is 12.0. The number of carbonyl (C=O) groups excluding carboxylic acids is 1. The highest BCUT2D eigenvalue weighted by molar-refractivity contribution is 6.32. The number of hydrogen-bond donors (Lipinski definition) is 0. The molecule has 0 amide bonds. The fraction of sp³-hybridized carbons (Fsp3) is 0.474. The molecule has 3 aromatic rings. The molecule has 3 aliphatic heterocycles. The van der Waals surface area contributed by atoms with E-state index in [0.29, 0.717) is 6.42 Å². The molecule has 0 aromatic heterocycles. The third-order valence-corrected chi connectivity index (χ3v) is 10.7. The average molecular weight is 545 g/mol. The van der Waals surface area contributed by atoms with Crippen LogP contribution in [0.15, 0.2) is 47.0 Å². The van der Waals surface area contributed by atoms with E-state index in [4.69, 9.17) is 4.99 Å². The Morgan fingerprint density at radius 2 is 1.56 bits per heavy atom. The first-order valence-electron chi connectivity index (χ1n) is 15.5. The molecule has 41 heavy (non-hydrogen) atoms. The molecule has 0 fully saturated rings. The van der Waals surface area contributed by atoms with Crippen molar-refractivity contribution in [2.45, 2.75) is 103 Å². The maximum Gasteiger partial charge on any atom is 0.169 e. The quantitative estimate of drug-likeness (QED) is 0.306. The summed E-state index contributed by atoms with van der Waals surface area (Å²) in [5.74, 6) is 0.204. The van der Waals surface area contributed by atoms with E-state index in [2.05, 4.69) is 110 Å². The molecular formula is C38H44N2O. The molecule has 4 aliphatic rings. The van der Waals surface area contributed by atoms with Gasteiger partial charge in [0.1, 0.15) is 0 Å². The number of carbonyl (C=O) groups is 1. The molecule has 3 heterocycles. The molecule has 3 heteroatoms. The van der Waals surface area contributed by atoms with Crippen molar-refractivity contribution in [3.8, 4) is 0 Å². The summed E-state index contributed by atoms with van der Waals surface area (Å²) in [6.45, 7) is 23.0. The predicted molar refractivity (Wildman–Crippen MR) is 173 cm³/mol. The zero-order valence-electron chi connectivity index (χ0n) is 26.4. The van der Waals surface area contributed by atoms with Gasteiger partial charge in [0.25, 0.3) is 0 Å². The molecular weight excluding hydrogens is 500 g/mol. The lowest BCUT2D eigenvalue weighted by atomic mass is 9.65. The van der Waals surface area contributed by atoms with Gasteiger partial charge in [0.05, 0.1) is 11.4 Å². The number of fused-ring (bicyclic) bond motifs is 5. The second kappa shape index (κ2) is 8.21. The van der Waals surface area contributed by atoms with Gasteiger partial charge in [0.15, 0.2) is 5.78 Å². The van der Waals surface area contributed by atoms with E-state index >= 15 is 0 Å². The fourth-order valence-electron chi connectivity index (χ4n) is 8.05. The van der Waals surface area contributed by atoms with E-state index in [-0.39, 0.29) is 27.4 Å². The Morgan fingerprint density at radius 1 is 0.854 bits per heavy atom. The van der Waals surface area contributed by atoms with Crippen molar-refractivity contribution >= 4 is 39.7 Å². The van der Waals surface area contributed by atoms with Crippen LogP contribution in [-0.2, 0) is 32.9 Å². The van der Waals surface area contributed by atoms with E-state index in [9.17, 15) is 4.79 Å². The molecule has 0 saturated heterocycles. The van der Waals surface area contributed by atoms with Gasteiger partial charge in [-0.05, 0) is 91.4 Å². The summed E-state index contributed by atoms with van der Waals surface area (Å²) in [6.07, 6.45) is 4.94. The zero-order valence-corrected chi connectivity index (χ0v) is 26.4. The van der Waals surface area contributed by atoms with Crippen molar-refractivity contribution in [1.82, 2.24) is 0 Å². The predicted octanol–water partition coefficient (Wildman–Crippen LogP) is 8.88. The summed E-state index contributed by atoms with van der Waals surface area (Å²) < 4.78 is 0. The Labute approximate surface area is 245 Å². The van der Waals surface area contributed by atoms with E-state index in [1.54, 1.807) is 0 Å². The highest BCUT2D eigenvalue weighted by atomic mass is 16.1. The molecule has 0 atom stereocenters. The van der Waals surface area contributed by atoms with E-state index in [0.717, 1.165) is 42.9 Å². The lowest BCUT2D eigenvalue weighted by Gasteiger charge is -2.49. The zero-order chi connectivity index (χ0) is 29.3. The van der Waals surface area contributed by atoms with Crippen LogP contribution in [-0.4, -0.2) is 24.6 Å². The van der Waals surface area contributed by atoms with Crippen molar-refractivity contribution in [2.75, 3.05) is 18.0 Å². The minimum atomic E-state index is -0.366. The van der Waals surface area contributed by atoms with Gasteiger partial charge in [-0.2, -0.15) is 0 Å². The molecule has 3 nitrogen and oxygen atoms in total. The summed E-state index contributed by atoms with van der Waals surface area (Å²) in [5, 5.41) is 2.49. The molecule has 0 bridgehead atoms. The van der Waals surface area contributed by atoms with Gasteiger partial charge >= 0.3 is 0 Å². The standard InChI is InChI=1S/C38H44N2O/c1-35(2,3)24-11-12-25-22(18-24)10-13-29-31(25)38(8,9)34(39-29)27-19-23-20-28-33-32(26(23)21-30(27)41)37(6,7)15-17-40(33)16-14-36(28,4)5/h10-13,18-20H,14-17,21H2,1-9H3. The molecule has 0 saturated carbocycles. The van der Waals surface area contributed by atoms with Crippen LogP contribution in [0.2, 0.25) is 0 Å². The largest absolute Gasteiger partial charge is 0.371 e. The molecule has 0 N–H and O–H groups in total. The second-order valence-corrected chi connectivity index (χ2v) is 15.9. The number of hydrogen-bond acceptors (Lipinski definition) is 3. The second-order valence-electron chi connectivity index (χ2n) is 15.9. The molecule has 3 aromatic carbocycles. The number of rotatable bonds is 1. The van der Waals surface area contributed by atoms with Crippen LogP contribution < -0.4 is 4.90 Å². The van der Waals surface area contributed by atoms with E-state index in [1.165, 1.54) is 49.8 Å². The molecule has 1 aliphatic carbocycles. The highest BCUT2D eigenvalue weighted by Gasteiger charge is 2.45. The topological polar surface area (TPSA) is 32.7 Å². The number of aliphatic imine (C=N–C) groups is 1. The molecule has 0 unspecified atom stereocenters. The Morgan fingerprint density at radius 3 is 2.27 bits per heavy atom. The third-order valence-electron chi connectivity index (χ3n) is 10.7. The highest BCUT2D eigenvalue weighted by Crippen LogP contribution is 2.53. The van der Waals surface area contributed by atoms with Crippen LogP contribution in [0.25, 0.3) is 16.8 Å². The lowest BCUT2D eigenvalue weighted by Crippen LogP contribution is -2.45. The molecule has 7 rings (SSSR count). The summed E-state index contributed by atoms with van der Waals surface area (Å²) in [6, 6.07) is 13.6. The first kappa shape index (κ1) is 26.7. The SMILES string of the molecule is CC(C)(C)c1ccc2c3c(ccc2c1)N=C(C1=Cc2cc4c5c(c2CC1=O)C(C)(C)CCN5CCC4(C)C)C3(C)C. The number of allylic oxidation sites excluding steroid dienone is 1. The minimum Gasteiger partial charge on any atom is -0.371 e. The Kier molecular flexibility index (Phi) is 5.34. The van der Waals surface area contributed by atoms with Gasteiger partial charge in [-0.15, -0.1) is 0 Å². The normalized spacial score (nSPS) is 21.7. The summed E-state index contributed by atoms with van der Waals surface area (Å²) in [7, 11) is 0. The van der Waals surface area contributed by atoms with Crippen molar-refractivity contribution in [3.05, 3.63) is 75.4 Å². The number of nitrogens with zero attached hydrogens (tertiary/aromatic N) is 2. The number of Topliss-reactive ketones (excluding diaryl/α,β-unsaturated/α-hetero) is 1. The van der Waals surface area contributed by atoms with Crippen molar-refractivity contribution in [3.63, 3.8) is 0 Å². The van der Waals surface area contributed by atoms with Gasteiger partial charge in [-0.1, -0.05) is 86.6 Å². The Balaban J connectivity index is 1.39. The summed E-state index contributed by atoms with van der Waals surface area (Å²) in [4.78, 5) is 21.9. The maximum atomic E-state index is 14.1. The molecule has 212 valence electrons. The van der Waals surface area contributed by atoms with Crippen LogP contribution in [0.3, 0.4) is 0 Å². The molecule has 0 spiro atoms. The minimum absolute atomic E-state index is 0.0518. The Bertz CT molecular complexity index is 1740. The van der Waals surface area contributed by atoms with Gasteiger partial charge < -0.3 is 4.90 Å². The van der Waals surface area contributed by atoms with Gasteiger partial charge in [-0.25, -0.2) is 0 Å². The van der Waals surface area contributed by atoms with Crippen molar-refractivity contribution in [1.29, 1.82) is 0 Å². The smallest absolute Gasteiger partial charge is 0.169 e. The number of ketones is 1. The monoisotopic (exact) mass is 544 g/mol. The lowest BCUT2D eigenvalue weighted by molar-refractivity contribution is -0.114. The Hall–Kier alpha value is -3.20. The van der Waals surface area contributed by atoms with Crippen LogP contribution >= 0.6 is 0 Å². The van der Waals surface area contributed by atoms with E-state index in [1.807, 2.05) is 0 Å². The van der Waals surface area contributed by atoms with Crippen LogP contribution in [0.4, 0.5) is 11.4 Å². The first-order valence-corrected chi connectivity index (χ1v) is 15.5. The van der Waals surface area contributed by atoms with Crippen molar-refractivity contribution < 1.29 is 4.79 Å². The average Bonchev–Trinajstić information content (AvgIpc) is 3.16. The third kappa shape index (κ3) is 3.76. The number of benzene rings is 3. The van der Waals surface area contributed by atoms with Crippen molar-refractivity contribution in [2.24, 2.45) is 4.99 Å². The van der Waals surface area contributed by atoms with Gasteiger partial charge in [-0.3, -0.25) is 9.79 Å². The van der Waals surface area contributed by atoms with Gasteiger partial charge in [0, 0.05) is 36.2 Å².